The third-order valence-electron chi connectivity index (χ3n) is 2.01. The summed E-state index contributed by atoms with van der Waals surface area (Å²) in [6, 6.07) is 0. The highest BCUT2D eigenvalue weighted by atomic mass is 14.6. The van der Waals surface area contributed by atoms with Gasteiger partial charge in [0, 0.05) is 0 Å². The summed E-state index contributed by atoms with van der Waals surface area (Å²) in [5.74, 6) is 0. The summed E-state index contributed by atoms with van der Waals surface area (Å²) < 4.78 is 0. The van der Waals surface area contributed by atoms with Crippen LogP contribution < -0.4 is 22.9 Å². The molecule has 0 amide bonds. The van der Waals surface area contributed by atoms with Crippen LogP contribution in [0.15, 0.2) is 0 Å². The van der Waals surface area contributed by atoms with Crippen LogP contribution in [-0.4, -0.2) is 26.2 Å². The van der Waals surface area contributed by atoms with Crippen LogP contribution in [0.3, 0.4) is 0 Å². The first-order valence-corrected chi connectivity index (χ1v) is 5.34. The van der Waals surface area contributed by atoms with Crippen molar-refractivity contribution >= 4 is 0 Å². The lowest BCUT2D eigenvalue weighted by Gasteiger charge is -2.18. The zero-order chi connectivity index (χ0) is 11.4. The van der Waals surface area contributed by atoms with Crippen LogP contribution >= 0.6 is 0 Å². The van der Waals surface area contributed by atoms with E-state index in [-0.39, 0.29) is 5.41 Å². The van der Waals surface area contributed by atoms with Crippen molar-refractivity contribution in [1.82, 2.24) is 0 Å². The molecule has 0 unspecified atom stereocenters. The van der Waals surface area contributed by atoms with Gasteiger partial charge in [-0.05, 0) is 44.4 Å². The molecule has 88 valence electrons. The minimum absolute atomic E-state index is 0.139. The Balaban J connectivity index is 0. The Bertz CT molecular complexity index is 94.3. The zero-order valence-corrected chi connectivity index (χ0v) is 9.76. The number of nitrogens with two attached hydrogens (primary N) is 4. The predicted octanol–water partition coefficient (Wildman–Crippen LogP) is 0.00410. The molecular formula is C10H28N4. The van der Waals surface area contributed by atoms with Crippen molar-refractivity contribution in [2.75, 3.05) is 26.2 Å². The highest BCUT2D eigenvalue weighted by molar-refractivity contribution is 4.68. The van der Waals surface area contributed by atoms with Crippen LogP contribution in [0.5, 0.6) is 0 Å². The molecule has 0 bridgehead atoms. The smallest absolute Gasteiger partial charge is 0.00138 e. The van der Waals surface area contributed by atoms with Gasteiger partial charge in [-0.25, -0.2) is 0 Å². The van der Waals surface area contributed by atoms with E-state index in [0.29, 0.717) is 13.1 Å². The van der Waals surface area contributed by atoms with Crippen LogP contribution in [0.2, 0.25) is 0 Å². The van der Waals surface area contributed by atoms with Gasteiger partial charge < -0.3 is 22.9 Å². The molecular weight excluding hydrogens is 176 g/mol. The van der Waals surface area contributed by atoms with E-state index in [9.17, 15) is 0 Å². The van der Waals surface area contributed by atoms with Crippen LogP contribution in [0, 0.1) is 5.41 Å². The molecule has 0 aromatic carbocycles. The molecule has 0 radical (unpaired) electrons. The molecule has 0 saturated heterocycles. The summed E-state index contributed by atoms with van der Waals surface area (Å²) >= 11 is 0. The van der Waals surface area contributed by atoms with Gasteiger partial charge in [0.05, 0.1) is 0 Å². The summed E-state index contributed by atoms with van der Waals surface area (Å²) in [7, 11) is 0. The molecule has 0 aliphatic rings. The van der Waals surface area contributed by atoms with Crippen molar-refractivity contribution < 1.29 is 0 Å². The second-order valence-corrected chi connectivity index (χ2v) is 4.21. The van der Waals surface area contributed by atoms with Crippen molar-refractivity contribution in [3.63, 3.8) is 0 Å². The first kappa shape index (κ1) is 16.3. The fourth-order valence-electron chi connectivity index (χ4n) is 0.549. The topological polar surface area (TPSA) is 104 Å². The Labute approximate surface area is 88.4 Å². The Morgan fingerprint density at radius 2 is 1.07 bits per heavy atom. The molecule has 14 heavy (non-hydrogen) atoms. The highest BCUT2D eigenvalue weighted by Gasteiger charge is 2.10. The Morgan fingerprint density at radius 1 is 0.714 bits per heavy atom. The molecule has 4 nitrogen and oxygen atoms in total. The predicted molar refractivity (Wildman–Crippen MR) is 63.8 cm³/mol. The van der Waals surface area contributed by atoms with Crippen molar-refractivity contribution in [1.29, 1.82) is 0 Å². The molecule has 0 atom stereocenters. The van der Waals surface area contributed by atoms with Gasteiger partial charge in [-0.15, -0.1) is 0 Å². The maximum Gasteiger partial charge on any atom is -0.00138 e. The number of unbranched alkanes of at least 4 members (excludes halogenated alkanes) is 2. The molecule has 0 aliphatic heterocycles. The van der Waals surface area contributed by atoms with Gasteiger partial charge in [0.1, 0.15) is 0 Å². The van der Waals surface area contributed by atoms with Crippen molar-refractivity contribution in [2.24, 2.45) is 28.3 Å². The Hall–Kier alpha value is -0.160. The van der Waals surface area contributed by atoms with Gasteiger partial charge in [-0.1, -0.05) is 20.3 Å². The lowest BCUT2D eigenvalue weighted by atomic mass is 9.95. The second-order valence-electron chi connectivity index (χ2n) is 4.21. The van der Waals surface area contributed by atoms with Gasteiger partial charge in [0.25, 0.3) is 0 Å². The average Bonchev–Trinajstić information content (AvgIpc) is 2.20. The van der Waals surface area contributed by atoms with Gasteiger partial charge in [0.15, 0.2) is 0 Å². The Morgan fingerprint density at radius 3 is 1.21 bits per heavy atom. The fourth-order valence-corrected chi connectivity index (χ4v) is 0.549. The summed E-state index contributed by atoms with van der Waals surface area (Å²) in [6.07, 6.45) is 3.43. The van der Waals surface area contributed by atoms with Gasteiger partial charge in [0.2, 0.25) is 0 Å². The maximum absolute atomic E-state index is 5.34. The molecule has 0 heterocycles. The third kappa shape index (κ3) is 14.4. The van der Waals surface area contributed by atoms with E-state index in [1.165, 1.54) is 6.42 Å². The summed E-state index contributed by atoms with van der Waals surface area (Å²) in [6.45, 7) is 7.05. The molecule has 0 saturated carbocycles. The van der Waals surface area contributed by atoms with E-state index in [4.69, 9.17) is 22.9 Å². The van der Waals surface area contributed by atoms with Crippen LogP contribution in [-0.2, 0) is 0 Å². The second kappa shape index (κ2) is 10.9. The lowest BCUT2D eigenvalue weighted by Crippen LogP contribution is -2.31. The van der Waals surface area contributed by atoms with Crippen LogP contribution in [0.1, 0.15) is 33.1 Å². The van der Waals surface area contributed by atoms with Gasteiger partial charge in [-0.2, -0.15) is 0 Å². The minimum atomic E-state index is 0.139. The number of rotatable bonds is 6. The number of hydrogen-bond acceptors (Lipinski definition) is 4. The first-order chi connectivity index (χ1) is 6.54. The first-order valence-electron chi connectivity index (χ1n) is 5.34. The summed E-state index contributed by atoms with van der Waals surface area (Å²) in [5.41, 5.74) is 21.3. The molecule has 0 rings (SSSR count). The Kier molecular flexibility index (Phi) is 12.7. The molecule has 4 heteroatoms. The minimum Gasteiger partial charge on any atom is -0.330 e. The van der Waals surface area contributed by atoms with E-state index in [2.05, 4.69) is 0 Å². The van der Waals surface area contributed by atoms with E-state index >= 15 is 0 Å². The quantitative estimate of drug-likeness (QED) is 0.457. The molecule has 0 fully saturated rings. The molecule has 0 aliphatic carbocycles. The van der Waals surface area contributed by atoms with Gasteiger partial charge >= 0.3 is 0 Å². The normalized spacial score (nSPS) is 10.7. The largest absolute Gasteiger partial charge is 0.330 e. The van der Waals surface area contributed by atoms with E-state index in [1.54, 1.807) is 0 Å². The maximum atomic E-state index is 5.34. The van der Waals surface area contributed by atoms with Crippen molar-refractivity contribution in [2.45, 2.75) is 33.1 Å². The molecule has 8 N–H and O–H groups in total. The highest BCUT2D eigenvalue weighted by Crippen LogP contribution is 2.07. The van der Waals surface area contributed by atoms with Crippen LogP contribution in [0.4, 0.5) is 0 Å². The number of hydrogen-bond donors (Lipinski definition) is 4. The van der Waals surface area contributed by atoms with Gasteiger partial charge in [-0.3, -0.25) is 0 Å². The zero-order valence-electron chi connectivity index (χ0n) is 9.76. The average molecular weight is 204 g/mol. The summed E-state index contributed by atoms with van der Waals surface area (Å²) in [4.78, 5) is 0. The monoisotopic (exact) mass is 204 g/mol. The van der Waals surface area contributed by atoms with E-state index in [0.717, 1.165) is 25.9 Å². The molecule has 0 aromatic heterocycles. The third-order valence-corrected chi connectivity index (χ3v) is 2.01. The SMILES string of the molecule is CC(C)(CN)CN.NCCCCCN. The standard InChI is InChI=1S/2C5H14N2/c1-5(2,3-6)4-7;6-4-2-1-3-5-7/h3-4,6-7H2,1-2H3;1-7H2. The summed E-state index contributed by atoms with van der Waals surface area (Å²) in [5, 5.41) is 0. The molecule has 0 aromatic rings. The van der Waals surface area contributed by atoms with Crippen molar-refractivity contribution in [3.05, 3.63) is 0 Å². The van der Waals surface area contributed by atoms with Crippen LogP contribution in [0.25, 0.3) is 0 Å². The van der Waals surface area contributed by atoms with E-state index in [1.807, 2.05) is 13.8 Å². The molecule has 0 spiro atoms. The lowest BCUT2D eigenvalue weighted by molar-refractivity contribution is 0.393. The van der Waals surface area contributed by atoms with Crippen molar-refractivity contribution in [3.8, 4) is 0 Å². The van der Waals surface area contributed by atoms with E-state index < -0.39 is 0 Å². The fraction of sp³-hybridized carbons (Fsp3) is 1.00.